The Morgan fingerprint density at radius 1 is 1.05 bits per heavy atom. The van der Waals surface area contributed by atoms with Crippen LogP contribution < -0.4 is 19.3 Å². The maximum absolute atomic E-state index is 11.7. The number of hydrogen-bond acceptors (Lipinski definition) is 7. The number of likely N-dealkylation sites (N-methyl/N-ethyl adjacent to an activating group) is 1. The first-order valence-corrected chi connectivity index (χ1v) is 13.1. The highest BCUT2D eigenvalue weighted by molar-refractivity contribution is 5.83. The van der Waals surface area contributed by atoms with Crippen LogP contribution in [0.5, 0.6) is 11.5 Å². The third-order valence-corrected chi connectivity index (χ3v) is 7.35. The van der Waals surface area contributed by atoms with Crippen LogP contribution in [0.15, 0.2) is 48.8 Å². The summed E-state index contributed by atoms with van der Waals surface area (Å²) in [5.74, 6) is 0.740. The summed E-state index contributed by atoms with van der Waals surface area (Å²) in [6.07, 6.45) is 5.73. The van der Waals surface area contributed by atoms with Crippen molar-refractivity contribution in [3.63, 3.8) is 0 Å². The maximum Gasteiger partial charge on any atom is 0.307 e. The van der Waals surface area contributed by atoms with E-state index < -0.39 is 5.97 Å². The van der Waals surface area contributed by atoms with Gasteiger partial charge in [0.2, 0.25) is 0 Å². The minimum atomic E-state index is -0.854. The number of ether oxygens (including phenoxy) is 2. The number of piperidine rings is 1. The van der Waals surface area contributed by atoms with Gasteiger partial charge in [0.1, 0.15) is 18.1 Å². The van der Waals surface area contributed by atoms with Crippen LogP contribution >= 0.6 is 0 Å². The first kappa shape index (κ1) is 27.2. The second-order valence-corrected chi connectivity index (χ2v) is 10.7. The standard InChI is InChI=1S/C30H38N4O4/c1-21-25(18-28(35)36)29(34-14-12-30(2,3)13-15-34)26(20-31-21)27-11-6-22(19-32-27)33(4)16-17-38-24-9-7-23(37-5)8-10-24/h6-11,19-20H,12-18H2,1-5H3,(H,35,36). The normalized spacial score (nSPS) is 14.7. The van der Waals surface area contributed by atoms with Gasteiger partial charge in [-0.2, -0.15) is 0 Å². The molecule has 0 atom stereocenters. The van der Waals surface area contributed by atoms with Gasteiger partial charge in [-0.05, 0) is 61.6 Å². The molecule has 0 radical (unpaired) electrons. The molecule has 4 rings (SSSR count). The number of anilines is 2. The number of rotatable bonds is 10. The van der Waals surface area contributed by atoms with Crippen LogP contribution in [-0.2, 0) is 11.2 Å². The predicted molar refractivity (Wildman–Crippen MR) is 151 cm³/mol. The predicted octanol–water partition coefficient (Wildman–Crippen LogP) is 5.23. The third-order valence-electron chi connectivity index (χ3n) is 7.35. The molecule has 8 heteroatoms. The van der Waals surface area contributed by atoms with E-state index in [-0.39, 0.29) is 11.8 Å². The molecule has 8 nitrogen and oxygen atoms in total. The van der Waals surface area contributed by atoms with Crippen LogP contribution in [-0.4, -0.2) is 61.4 Å². The number of methoxy groups -OCH3 is 1. The Morgan fingerprint density at radius 2 is 1.74 bits per heavy atom. The molecule has 1 N–H and O–H groups in total. The number of aliphatic carboxylic acids is 1. The molecule has 1 aromatic carbocycles. The number of nitrogens with zero attached hydrogens (tertiary/aromatic N) is 4. The summed E-state index contributed by atoms with van der Waals surface area (Å²) < 4.78 is 11.1. The highest BCUT2D eigenvalue weighted by Crippen LogP contribution is 2.39. The van der Waals surface area contributed by atoms with Crippen molar-refractivity contribution in [2.24, 2.45) is 5.41 Å². The van der Waals surface area contributed by atoms with Crippen molar-refractivity contribution in [3.05, 3.63) is 60.0 Å². The topological polar surface area (TPSA) is 88.0 Å². The Morgan fingerprint density at radius 3 is 2.34 bits per heavy atom. The third kappa shape index (κ3) is 6.54. The molecule has 3 aromatic rings. The van der Waals surface area contributed by atoms with Gasteiger partial charge in [0.15, 0.2) is 0 Å². The Hall–Kier alpha value is -3.81. The first-order valence-electron chi connectivity index (χ1n) is 13.1. The van der Waals surface area contributed by atoms with Gasteiger partial charge in [0, 0.05) is 43.2 Å². The summed E-state index contributed by atoms with van der Waals surface area (Å²) in [5.41, 5.74) is 5.40. The van der Waals surface area contributed by atoms with Gasteiger partial charge < -0.3 is 24.4 Å². The molecule has 0 spiro atoms. The van der Waals surface area contributed by atoms with E-state index >= 15 is 0 Å². The molecule has 2 aromatic heterocycles. The monoisotopic (exact) mass is 518 g/mol. The largest absolute Gasteiger partial charge is 0.497 e. The first-order chi connectivity index (χ1) is 18.2. The van der Waals surface area contributed by atoms with Crippen molar-refractivity contribution < 1.29 is 19.4 Å². The van der Waals surface area contributed by atoms with Crippen LogP contribution in [0, 0.1) is 12.3 Å². The zero-order chi connectivity index (χ0) is 27.3. The zero-order valence-corrected chi connectivity index (χ0v) is 23.0. The molecular formula is C30H38N4O4. The lowest BCUT2D eigenvalue weighted by atomic mass is 9.82. The second kappa shape index (κ2) is 11.7. The molecular weight excluding hydrogens is 480 g/mol. The number of carboxylic acid groups (broad SMARTS) is 1. The number of benzene rings is 1. The van der Waals surface area contributed by atoms with Crippen molar-refractivity contribution >= 4 is 17.3 Å². The van der Waals surface area contributed by atoms with Gasteiger partial charge in [-0.1, -0.05) is 13.8 Å². The number of aryl methyl sites for hydroxylation is 1. The smallest absolute Gasteiger partial charge is 0.307 e. The Bertz CT molecular complexity index is 1230. The van der Waals surface area contributed by atoms with Crippen molar-refractivity contribution in [1.29, 1.82) is 0 Å². The van der Waals surface area contributed by atoms with E-state index in [0.717, 1.165) is 71.3 Å². The molecule has 202 valence electrons. The van der Waals surface area contributed by atoms with Crippen LogP contribution in [0.25, 0.3) is 11.3 Å². The summed E-state index contributed by atoms with van der Waals surface area (Å²) in [4.78, 5) is 25.5. The van der Waals surface area contributed by atoms with Gasteiger partial charge in [-0.25, -0.2) is 0 Å². The highest BCUT2D eigenvalue weighted by atomic mass is 16.5. The zero-order valence-electron chi connectivity index (χ0n) is 23.0. The lowest BCUT2D eigenvalue weighted by molar-refractivity contribution is -0.136. The summed E-state index contributed by atoms with van der Waals surface area (Å²) in [6, 6.07) is 11.6. The van der Waals surface area contributed by atoms with Crippen LogP contribution in [0.2, 0.25) is 0 Å². The van der Waals surface area contributed by atoms with E-state index in [4.69, 9.17) is 14.5 Å². The summed E-state index contributed by atoms with van der Waals surface area (Å²) in [5, 5.41) is 9.64. The van der Waals surface area contributed by atoms with Crippen LogP contribution in [0.3, 0.4) is 0 Å². The molecule has 1 fully saturated rings. The molecule has 1 saturated heterocycles. The second-order valence-electron chi connectivity index (χ2n) is 10.7. The Labute approximate surface area is 225 Å². The molecule has 38 heavy (non-hydrogen) atoms. The molecule has 0 saturated carbocycles. The van der Waals surface area contributed by atoms with E-state index in [1.807, 2.05) is 62.8 Å². The fourth-order valence-corrected chi connectivity index (χ4v) is 4.75. The quantitative estimate of drug-likeness (QED) is 0.390. The lowest BCUT2D eigenvalue weighted by Crippen LogP contribution is -2.38. The average Bonchev–Trinajstić information content (AvgIpc) is 2.90. The SMILES string of the molecule is COc1ccc(OCCN(C)c2ccc(-c3cnc(C)c(CC(=O)O)c3N3CCC(C)(C)CC3)nc2)cc1. The average molecular weight is 519 g/mol. The molecule has 0 bridgehead atoms. The minimum absolute atomic E-state index is 0.0586. The van der Waals surface area contributed by atoms with Gasteiger partial charge in [0.05, 0.1) is 43.3 Å². The van der Waals surface area contributed by atoms with Gasteiger partial charge in [-0.15, -0.1) is 0 Å². The number of aromatic nitrogens is 2. The van der Waals surface area contributed by atoms with Crippen LogP contribution in [0.4, 0.5) is 11.4 Å². The lowest BCUT2D eigenvalue weighted by Gasteiger charge is -2.40. The highest BCUT2D eigenvalue weighted by Gasteiger charge is 2.29. The fraction of sp³-hybridized carbons (Fsp3) is 0.433. The molecule has 0 amide bonds. The van der Waals surface area contributed by atoms with Crippen molar-refractivity contribution in [3.8, 4) is 22.8 Å². The molecule has 1 aliphatic heterocycles. The van der Waals surface area contributed by atoms with Crippen molar-refractivity contribution in [2.45, 2.75) is 40.0 Å². The number of pyridine rings is 2. The van der Waals surface area contributed by atoms with Gasteiger partial charge in [-0.3, -0.25) is 14.8 Å². The summed E-state index contributed by atoms with van der Waals surface area (Å²) in [6.45, 7) is 9.45. The minimum Gasteiger partial charge on any atom is -0.497 e. The van der Waals surface area contributed by atoms with Gasteiger partial charge in [0.25, 0.3) is 0 Å². The van der Waals surface area contributed by atoms with E-state index in [2.05, 4.69) is 28.6 Å². The van der Waals surface area contributed by atoms with Crippen molar-refractivity contribution in [1.82, 2.24) is 9.97 Å². The summed E-state index contributed by atoms with van der Waals surface area (Å²) >= 11 is 0. The number of carbonyl (C=O) groups is 1. The number of carboxylic acids is 1. The van der Waals surface area contributed by atoms with E-state index in [0.29, 0.717) is 13.2 Å². The van der Waals surface area contributed by atoms with Crippen LogP contribution in [0.1, 0.15) is 37.9 Å². The Balaban J connectivity index is 1.52. The van der Waals surface area contributed by atoms with Gasteiger partial charge >= 0.3 is 5.97 Å². The molecule has 1 aliphatic rings. The summed E-state index contributed by atoms with van der Waals surface area (Å²) in [7, 11) is 3.65. The molecule has 0 aliphatic carbocycles. The van der Waals surface area contributed by atoms with E-state index in [1.165, 1.54) is 0 Å². The van der Waals surface area contributed by atoms with E-state index in [9.17, 15) is 9.90 Å². The maximum atomic E-state index is 11.7. The fourth-order valence-electron chi connectivity index (χ4n) is 4.75. The number of hydrogen-bond donors (Lipinski definition) is 1. The van der Waals surface area contributed by atoms with Crippen molar-refractivity contribution in [2.75, 3.05) is 50.2 Å². The molecule has 3 heterocycles. The molecule has 0 unspecified atom stereocenters. The Kier molecular flexibility index (Phi) is 8.39. The van der Waals surface area contributed by atoms with E-state index in [1.54, 1.807) is 7.11 Å².